The number of anilines is 6. The van der Waals surface area contributed by atoms with Crippen LogP contribution in [0.25, 0.3) is 94.3 Å². The van der Waals surface area contributed by atoms with Crippen LogP contribution < -0.4 is 30.9 Å². The summed E-state index contributed by atoms with van der Waals surface area (Å²) in [7, 11) is 0. The highest BCUT2D eigenvalue weighted by molar-refractivity contribution is 7.00. The molecular formula is C113H96BN3O. The third kappa shape index (κ3) is 12.3. The van der Waals surface area contributed by atoms with Gasteiger partial charge in [0.1, 0.15) is 11.5 Å². The molecule has 0 bridgehead atoms. The second kappa shape index (κ2) is 28.0. The lowest BCUT2D eigenvalue weighted by molar-refractivity contribution is 0.434. The molecule has 16 aromatic carbocycles. The number of aromatic nitrogens is 1. The topological polar surface area (TPSA) is 20.6 Å². The fourth-order valence-corrected chi connectivity index (χ4v) is 18.6. The van der Waals surface area contributed by atoms with E-state index < -0.39 is 48.4 Å². The summed E-state index contributed by atoms with van der Waals surface area (Å²) >= 11 is 0. The zero-order valence-corrected chi connectivity index (χ0v) is 68.8. The Morgan fingerprint density at radius 3 is 1.10 bits per heavy atom. The van der Waals surface area contributed by atoms with E-state index in [1.54, 1.807) is 4.57 Å². The molecule has 0 aliphatic carbocycles. The maximum atomic E-state index is 10.0. The Morgan fingerprint density at radius 2 is 0.653 bits per heavy atom. The first-order valence-electron chi connectivity index (χ1n) is 45.2. The first-order chi connectivity index (χ1) is 60.4. The number of ether oxygens (including phenoxy) is 1. The lowest BCUT2D eigenvalue weighted by Gasteiger charge is -2.46. The van der Waals surface area contributed by atoms with Gasteiger partial charge >= 0.3 is 0 Å². The lowest BCUT2D eigenvalue weighted by atomic mass is 9.33. The third-order valence-electron chi connectivity index (χ3n) is 24.7. The average Bonchev–Trinajstić information content (AvgIpc) is 0.818. The summed E-state index contributed by atoms with van der Waals surface area (Å²) < 4.78 is 86.1. The summed E-state index contributed by atoms with van der Waals surface area (Å²) in [5, 5.41) is -0.00919. The van der Waals surface area contributed by atoms with Gasteiger partial charge in [-0.3, -0.25) is 0 Å². The standard InChI is InChI=1S/C113H96BN3O/c1-109(2,3)83-61-79(62-84(67-83)110(4,5)6)77-56-59-96-100(63-77)116(107-90(73-37-19-13-20-38-73)68-85(111(7,8)9)69-91(107)74-39-21-14-22-40-74)102-64-80(78-55-58-95-105(66-78)118-104-54-36-33-51-94(104)113(95,81-45-27-17-28-46-81)82-47-29-18-30-48-82)65-103-106(102)114(96)97-60-57-87(115-98-52-34-31-49-88(98)89-50-32-35-53-99(89)115)72-101(97)117(103)108-92(75-41-23-15-24-42-75)70-86(112(10,11)12)71-93(108)76-43-25-16-26-44-76/h13-72H,1-12H3/i31D,32D,34D,35D,49D,50D,52D,53D. The molecule has 1 aromatic heterocycles. The second-order valence-corrected chi connectivity index (χ2v) is 36.2. The monoisotopic (exact) mass is 1530 g/mol. The molecule has 572 valence electrons. The second-order valence-electron chi connectivity index (χ2n) is 36.2. The van der Waals surface area contributed by atoms with Crippen LogP contribution >= 0.6 is 0 Å². The van der Waals surface area contributed by atoms with Gasteiger partial charge in [-0.25, -0.2) is 0 Å². The summed E-state index contributed by atoms with van der Waals surface area (Å²) in [4.78, 5) is 5.08. The fraction of sp³-hybridized carbons (Fsp3) is 0.150. The van der Waals surface area contributed by atoms with Crippen molar-refractivity contribution in [3.8, 4) is 83.9 Å². The van der Waals surface area contributed by atoms with Gasteiger partial charge in [0.15, 0.2) is 0 Å². The van der Waals surface area contributed by atoms with Crippen LogP contribution in [0.2, 0.25) is 0 Å². The zero-order chi connectivity index (χ0) is 87.7. The fourth-order valence-electron chi connectivity index (χ4n) is 18.6. The summed E-state index contributed by atoms with van der Waals surface area (Å²) in [5.41, 5.74) is 27.5. The van der Waals surface area contributed by atoms with E-state index in [4.69, 9.17) is 4.74 Å². The van der Waals surface area contributed by atoms with E-state index in [0.717, 1.165) is 151 Å². The summed E-state index contributed by atoms with van der Waals surface area (Å²) in [5.74, 6) is 1.44. The van der Waals surface area contributed by atoms with Crippen molar-refractivity contribution >= 4 is 79.0 Å². The Kier molecular flexibility index (Phi) is 15.4. The van der Waals surface area contributed by atoms with E-state index in [-0.39, 0.29) is 55.6 Å². The summed E-state index contributed by atoms with van der Waals surface area (Å²) in [6, 6.07) is 111. The molecular weight excluding hydrogens is 1430 g/mol. The van der Waals surface area contributed by atoms with Gasteiger partial charge in [0.05, 0.1) is 38.8 Å². The van der Waals surface area contributed by atoms with Crippen molar-refractivity contribution in [3.05, 3.63) is 408 Å². The largest absolute Gasteiger partial charge is 0.457 e. The lowest BCUT2D eigenvalue weighted by Crippen LogP contribution is -2.61. The molecule has 118 heavy (non-hydrogen) atoms. The van der Waals surface area contributed by atoms with Crippen molar-refractivity contribution < 1.29 is 15.7 Å². The van der Waals surface area contributed by atoms with Gasteiger partial charge in [-0.15, -0.1) is 0 Å². The number of para-hydroxylation sites is 3. The Labute approximate surface area is 707 Å². The van der Waals surface area contributed by atoms with Crippen LogP contribution in [0.5, 0.6) is 11.5 Å². The van der Waals surface area contributed by atoms with Crippen LogP contribution in [0.1, 0.15) is 139 Å². The van der Waals surface area contributed by atoms with Crippen LogP contribution in [0.4, 0.5) is 34.1 Å². The van der Waals surface area contributed by atoms with Gasteiger partial charge in [0, 0.05) is 72.6 Å². The average molecular weight is 1530 g/mol. The van der Waals surface area contributed by atoms with E-state index in [0.29, 0.717) is 11.4 Å². The molecule has 5 heteroatoms. The Bertz CT molecular complexity index is 7040. The van der Waals surface area contributed by atoms with Gasteiger partial charge in [0.25, 0.3) is 6.71 Å². The third-order valence-corrected chi connectivity index (χ3v) is 24.7. The minimum Gasteiger partial charge on any atom is -0.457 e. The van der Waals surface area contributed by atoms with E-state index >= 15 is 0 Å². The van der Waals surface area contributed by atoms with E-state index in [1.165, 1.54) is 16.7 Å². The molecule has 20 rings (SSSR count). The highest BCUT2D eigenvalue weighted by Gasteiger charge is 2.49. The molecule has 3 aliphatic rings. The van der Waals surface area contributed by atoms with Crippen molar-refractivity contribution in [1.29, 1.82) is 0 Å². The molecule has 4 heterocycles. The first kappa shape index (κ1) is 65.0. The quantitative estimate of drug-likeness (QED) is 0.120. The minimum absolute atomic E-state index is 0.00460. The van der Waals surface area contributed by atoms with Gasteiger partial charge < -0.3 is 19.1 Å². The van der Waals surface area contributed by atoms with Crippen molar-refractivity contribution in [2.75, 3.05) is 9.80 Å². The van der Waals surface area contributed by atoms with Crippen LogP contribution in [0.15, 0.2) is 364 Å². The SMILES string of the molecule is [2H]c1c([2H])c([2H])c2c(c1[2H])c1c([2H])c([2H])c([2H])c([2H])c1n2-c1ccc2c(c1)N(c1c(-c3ccccc3)cc(C(C)(C)C)cc1-c1ccccc1)c1cc(-c3ccc4c(c3)Oc3ccccc3C4(c3ccccc3)c3ccccc3)cc3c1B2c1ccc(-c2cc(C(C)(C)C)cc(C(C)(C)C)c2)cc1N3c1c(-c2ccccc2)cc(C(C)(C)C)cc1-c1ccccc1. The van der Waals surface area contributed by atoms with E-state index in [2.05, 4.69) is 402 Å². The molecule has 0 spiro atoms. The summed E-state index contributed by atoms with van der Waals surface area (Å²) in [6.45, 7) is 26.9. The predicted octanol–water partition coefficient (Wildman–Crippen LogP) is 28.5. The molecule has 17 aromatic rings. The Morgan fingerprint density at radius 1 is 0.297 bits per heavy atom. The molecule has 0 unspecified atom stereocenters. The zero-order valence-electron chi connectivity index (χ0n) is 76.8. The molecule has 0 atom stereocenters. The predicted molar refractivity (Wildman–Crippen MR) is 501 cm³/mol. The molecule has 4 nitrogen and oxygen atoms in total. The maximum Gasteiger partial charge on any atom is 0.252 e. The number of rotatable bonds is 11. The number of nitrogens with zero attached hydrogens (tertiary/aromatic N) is 3. The molecule has 0 amide bonds. The number of fused-ring (bicyclic) bond motifs is 9. The molecule has 0 saturated heterocycles. The van der Waals surface area contributed by atoms with E-state index in [9.17, 15) is 11.0 Å². The molecule has 0 radical (unpaired) electrons. The van der Waals surface area contributed by atoms with Crippen molar-refractivity contribution in [1.82, 2.24) is 4.57 Å². The van der Waals surface area contributed by atoms with Crippen molar-refractivity contribution in [2.45, 2.75) is 110 Å². The Hall–Kier alpha value is -13.2. The highest BCUT2D eigenvalue weighted by atomic mass is 16.5. The van der Waals surface area contributed by atoms with Crippen LogP contribution in [0, 0.1) is 0 Å². The molecule has 0 fully saturated rings. The minimum atomic E-state index is -0.835. The van der Waals surface area contributed by atoms with Gasteiger partial charge in [-0.05, 0) is 195 Å². The smallest absolute Gasteiger partial charge is 0.252 e. The van der Waals surface area contributed by atoms with E-state index in [1.807, 2.05) is 6.07 Å². The summed E-state index contributed by atoms with van der Waals surface area (Å²) in [6.07, 6.45) is 0. The molecule has 0 N–H and O–H groups in total. The van der Waals surface area contributed by atoms with Crippen molar-refractivity contribution in [2.24, 2.45) is 0 Å². The molecule has 0 saturated carbocycles. The number of hydrogen-bond acceptors (Lipinski definition) is 3. The van der Waals surface area contributed by atoms with Crippen LogP contribution in [0.3, 0.4) is 0 Å². The Balaban J connectivity index is 1.01. The highest BCUT2D eigenvalue weighted by Crippen LogP contribution is 2.59. The normalized spacial score (nSPS) is 14.5. The number of hydrogen-bond donors (Lipinski definition) is 0. The number of benzene rings is 16. The van der Waals surface area contributed by atoms with Crippen LogP contribution in [-0.4, -0.2) is 11.3 Å². The first-order valence-corrected chi connectivity index (χ1v) is 41.2. The van der Waals surface area contributed by atoms with Gasteiger partial charge in [-0.1, -0.05) is 368 Å². The molecule has 3 aliphatic heterocycles. The van der Waals surface area contributed by atoms with Crippen LogP contribution in [-0.2, 0) is 27.1 Å². The van der Waals surface area contributed by atoms with Gasteiger partial charge in [0.2, 0.25) is 0 Å². The van der Waals surface area contributed by atoms with Crippen molar-refractivity contribution in [3.63, 3.8) is 0 Å². The maximum absolute atomic E-state index is 10.0. The van der Waals surface area contributed by atoms with Gasteiger partial charge in [-0.2, -0.15) is 0 Å².